The Labute approximate surface area is 97.8 Å². The third-order valence-electron chi connectivity index (χ3n) is 3.46. The second-order valence-electron chi connectivity index (χ2n) is 5.35. The summed E-state index contributed by atoms with van der Waals surface area (Å²) in [5.41, 5.74) is -0.319. The molecule has 1 unspecified atom stereocenters. The molecule has 0 saturated carbocycles. The molecule has 16 heavy (non-hydrogen) atoms. The molecule has 1 saturated heterocycles. The normalized spacial score (nSPS) is 27.8. The highest BCUT2D eigenvalue weighted by Gasteiger charge is 2.35. The summed E-state index contributed by atoms with van der Waals surface area (Å²) < 4.78 is 0. The first-order valence-corrected chi connectivity index (χ1v) is 6.12. The summed E-state index contributed by atoms with van der Waals surface area (Å²) in [4.78, 5) is 12.1. The van der Waals surface area contributed by atoms with Crippen molar-refractivity contribution in [3.8, 4) is 0 Å². The van der Waals surface area contributed by atoms with Crippen molar-refractivity contribution in [2.75, 3.05) is 19.7 Å². The van der Waals surface area contributed by atoms with Gasteiger partial charge in [-0.1, -0.05) is 13.8 Å². The van der Waals surface area contributed by atoms with Crippen LogP contribution in [0, 0.1) is 11.3 Å². The fourth-order valence-electron chi connectivity index (χ4n) is 2.02. The highest BCUT2D eigenvalue weighted by molar-refractivity contribution is 5.82. The summed E-state index contributed by atoms with van der Waals surface area (Å²) in [6.07, 6.45) is 1.96. The van der Waals surface area contributed by atoms with Gasteiger partial charge in [-0.05, 0) is 32.2 Å². The molecule has 1 rings (SSSR count). The van der Waals surface area contributed by atoms with Crippen molar-refractivity contribution in [2.45, 2.75) is 39.7 Å². The standard InChI is InChI=1S/C12H24N2O2/c1-9(2)10(7-15)14-11(16)12(3)5-4-6-13-8-12/h9-10,13,15H,4-8H2,1-3H3,(H,14,16)/t10-,12?/m1/s1. The van der Waals surface area contributed by atoms with Gasteiger partial charge >= 0.3 is 0 Å². The number of aliphatic hydroxyl groups excluding tert-OH is 1. The smallest absolute Gasteiger partial charge is 0.227 e. The summed E-state index contributed by atoms with van der Waals surface area (Å²) in [5, 5.41) is 15.4. The molecular weight excluding hydrogens is 204 g/mol. The molecule has 1 fully saturated rings. The van der Waals surface area contributed by atoms with E-state index in [0.717, 1.165) is 25.9 Å². The van der Waals surface area contributed by atoms with Crippen LogP contribution in [0.5, 0.6) is 0 Å². The van der Waals surface area contributed by atoms with Crippen LogP contribution in [0.15, 0.2) is 0 Å². The van der Waals surface area contributed by atoms with Crippen LogP contribution in [-0.4, -0.2) is 36.8 Å². The van der Waals surface area contributed by atoms with E-state index in [1.54, 1.807) is 0 Å². The van der Waals surface area contributed by atoms with Gasteiger partial charge in [-0.15, -0.1) is 0 Å². The lowest BCUT2D eigenvalue weighted by Gasteiger charge is -2.34. The highest BCUT2D eigenvalue weighted by Crippen LogP contribution is 2.25. The van der Waals surface area contributed by atoms with E-state index in [4.69, 9.17) is 0 Å². The number of hydrogen-bond acceptors (Lipinski definition) is 3. The largest absolute Gasteiger partial charge is 0.394 e. The molecule has 2 atom stereocenters. The molecule has 0 bridgehead atoms. The van der Waals surface area contributed by atoms with Crippen molar-refractivity contribution in [3.05, 3.63) is 0 Å². The Balaban J connectivity index is 2.55. The molecule has 0 aromatic heterocycles. The molecule has 4 heteroatoms. The zero-order valence-corrected chi connectivity index (χ0v) is 10.5. The van der Waals surface area contributed by atoms with Crippen LogP contribution in [0.25, 0.3) is 0 Å². The summed E-state index contributed by atoms with van der Waals surface area (Å²) in [5.74, 6) is 0.321. The van der Waals surface area contributed by atoms with Gasteiger partial charge in [0.1, 0.15) is 0 Å². The van der Waals surface area contributed by atoms with Gasteiger partial charge in [0.2, 0.25) is 5.91 Å². The lowest BCUT2D eigenvalue weighted by atomic mass is 9.81. The van der Waals surface area contributed by atoms with Crippen LogP contribution in [0.4, 0.5) is 0 Å². The van der Waals surface area contributed by atoms with Gasteiger partial charge in [0.05, 0.1) is 18.1 Å². The molecule has 0 aliphatic carbocycles. The maximum atomic E-state index is 12.1. The van der Waals surface area contributed by atoms with E-state index < -0.39 is 0 Å². The monoisotopic (exact) mass is 228 g/mol. The number of rotatable bonds is 4. The molecule has 0 radical (unpaired) electrons. The van der Waals surface area contributed by atoms with E-state index in [2.05, 4.69) is 10.6 Å². The minimum absolute atomic E-state index is 0.00686. The summed E-state index contributed by atoms with van der Waals surface area (Å²) in [6, 6.07) is -0.133. The second-order valence-corrected chi connectivity index (χ2v) is 5.35. The van der Waals surface area contributed by atoms with Gasteiger partial charge in [-0.2, -0.15) is 0 Å². The number of nitrogens with one attached hydrogen (secondary N) is 2. The van der Waals surface area contributed by atoms with Crippen molar-refractivity contribution in [3.63, 3.8) is 0 Å². The molecule has 1 aliphatic heterocycles. The summed E-state index contributed by atoms with van der Waals surface area (Å²) >= 11 is 0. The van der Waals surface area contributed by atoms with Crippen molar-refractivity contribution in [2.24, 2.45) is 11.3 Å². The molecule has 1 aliphatic rings. The van der Waals surface area contributed by atoms with Gasteiger partial charge in [0.25, 0.3) is 0 Å². The lowest BCUT2D eigenvalue weighted by Crippen LogP contribution is -2.53. The van der Waals surface area contributed by atoms with Crippen molar-refractivity contribution in [1.29, 1.82) is 0 Å². The van der Waals surface area contributed by atoms with Gasteiger partial charge in [0, 0.05) is 6.54 Å². The van der Waals surface area contributed by atoms with E-state index >= 15 is 0 Å². The van der Waals surface area contributed by atoms with E-state index in [1.807, 2.05) is 20.8 Å². The van der Waals surface area contributed by atoms with Crippen LogP contribution in [0.2, 0.25) is 0 Å². The Bertz CT molecular complexity index is 235. The Morgan fingerprint density at radius 3 is 2.69 bits per heavy atom. The molecule has 3 N–H and O–H groups in total. The number of aliphatic hydroxyl groups is 1. The van der Waals surface area contributed by atoms with Crippen molar-refractivity contribution in [1.82, 2.24) is 10.6 Å². The SMILES string of the molecule is CC(C)[C@@H](CO)NC(=O)C1(C)CCCNC1. The highest BCUT2D eigenvalue weighted by atomic mass is 16.3. The number of carbonyl (C=O) groups is 1. The Hall–Kier alpha value is -0.610. The fraction of sp³-hybridized carbons (Fsp3) is 0.917. The maximum absolute atomic E-state index is 12.1. The summed E-state index contributed by atoms with van der Waals surface area (Å²) in [7, 11) is 0. The van der Waals surface area contributed by atoms with E-state index in [1.165, 1.54) is 0 Å². The number of amides is 1. The first-order valence-electron chi connectivity index (χ1n) is 6.12. The van der Waals surface area contributed by atoms with Crippen molar-refractivity contribution < 1.29 is 9.90 Å². The zero-order valence-electron chi connectivity index (χ0n) is 10.5. The molecular formula is C12H24N2O2. The predicted octanol–water partition coefficient (Wildman–Crippen LogP) is 0.509. The molecule has 0 spiro atoms. The van der Waals surface area contributed by atoms with Crippen LogP contribution < -0.4 is 10.6 Å². The predicted molar refractivity (Wildman–Crippen MR) is 64.1 cm³/mol. The van der Waals surface area contributed by atoms with Gasteiger partial charge in [0.15, 0.2) is 0 Å². The molecule has 1 amide bonds. The average molecular weight is 228 g/mol. The van der Waals surface area contributed by atoms with Crippen LogP contribution in [0.3, 0.4) is 0 Å². The Morgan fingerprint density at radius 2 is 2.25 bits per heavy atom. The molecule has 4 nitrogen and oxygen atoms in total. The van der Waals surface area contributed by atoms with Crippen molar-refractivity contribution >= 4 is 5.91 Å². The second kappa shape index (κ2) is 5.64. The fourth-order valence-corrected chi connectivity index (χ4v) is 2.02. The molecule has 0 aromatic rings. The minimum atomic E-state index is -0.319. The van der Waals surface area contributed by atoms with E-state index in [0.29, 0.717) is 0 Å². The van der Waals surface area contributed by atoms with E-state index in [9.17, 15) is 9.90 Å². The van der Waals surface area contributed by atoms with Gasteiger partial charge in [-0.3, -0.25) is 4.79 Å². The van der Waals surface area contributed by atoms with E-state index in [-0.39, 0.29) is 29.9 Å². The summed E-state index contributed by atoms with van der Waals surface area (Å²) in [6.45, 7) is 7.73. The quantitative estimate of drug-likeness (QED) is 0.657. The van der Waals surface area contributed by atoms with Crippen LogP contribution in [0.1, 0.15) is 33.6 Å². The Morgan fingerprint density at radius 1 is 1.56 bits per heavy atom. The van der Waals surface area contributed by atoms with Crippen LogP contribution >= 0.6 is 0 Å². The van der Waals surface area contributed by atoms with Gasteiger partial charge in [-0.25, -0.2) is 0 Å². The molecule has 0 aromatic carbocycles. The molecule has 94 valence electrons. The van der Waals surface area contributed by atoms with Crippen LogP contribution in [-0.2, 0) is 4.79 Å². The maximum Gasteiger partial charge on any atom is 0.227 e. The Kier molecular flexibility index (Phi) is 4.74. The number of piperidine rings is 1. The topological polar surface area (TPSA) is 61.4 Å². The average Bonchev–Trinajstić information content (AvgIpc) is 2.26. The van der Waals surface area contributed by atoms with Gasteiger partial charge < -0.3 is 15.7 Å². The lowest BCUT2D eigenvalue weighted by molar-refractivity contribution is -0.132. The first-order chi connectivity index (χ1) is 7.49. The number of hydrogen-bond donors (Lipinski definition) is 3. The minimum Gasteiger partial charge on any atom is -0.394 e. The zero-order chi connectivity index (χ0) is 12.2. The number of carbonyl (C=O) groups excluding carboxylic acids is 1. The third kappa shape index (κ3) is 3.19. The third-order valence-corrected chi connectivity index (χ3v) is 3.46. The first kappa shape index (κ1) is 13.5. The molecule has 1 heterocycles.